The highest BCUT2D eigenvalue weighted by Crippen LogP contribution is 2.29. The zero-order valence-corrected chi connectivity index (χ0v) is 13.0. The minimum absolute atomic E-state index is 0.748. The Morgan fingerprint density at radius 1 is 1.28 bits per heavy atom. The monoisotopic (exact) mass is 310 g/mol. The number of hydrogen-bond acceptors (Lipinski definition) is 2. The Morgan fingerprint density at radius 3 is 2.61 bits per heavy atom. The van der Waals surface area contributed by atoms with Crippen molar-refractivity contribution < 1.29 is 0 Å². The van der Waals surface area contributed by atoms with E-state index >= 15 is 0 Å². The van der Waals surface area contributed by atoms with Crippen LogP contribution in [0.1, 0.15) is 24.3 Å². The number of piperidine rings is 1. The van der Waals surface area contributed by atoms with Gasteiger partial charge >= 0.3 is 0 Å². The van der Waals surface area contributed by atoms with Gasteiger partial charge in [0.15, 0.2) is 0 Å². The summed E-state index contributed by atoms with van der Waals surface area (Å²) in [5.41, 5.74) is 1.50. The van der Waals surface area contributed by atoms with Crippen LogP contribution < -0.4 is 0 Å². The van der Waals surface area contributed by atoms with Crippen LogP contribution in [-0.2, 0) is 0 Å². The lowest BCUT2D eigenvalue weighted by molar-refractivity contribution is 0.194. The van der Waals surface area contributed by atoms with Crippen molar-refractivity contribution in [3.05, 3.63) is 34.3 Å². The van der Waals surface area contributed by atoms with Gasteiger partial charge in [-0.3, -0.25) is 0 Å². The average molecular weight is 311 g/mol. The summed E-state index contributed by atoms with van der Waals surface area (Å²) in [6, 6.07) is 8.80. The molecule has 0 N–H and O–H groups in total. The fourth-order valence-corrected chi connectivity index (χ4v) is 3.01. The van der Waals surface area contributed by atoms with Crippen LogP contribution in [0.15, 0.2) is 28.7 Å². The van der Waals surface area contributed by atoms with Crippen molar-refractivity contribution in [3.63, 3.8) is 0 Å². The summed E-state index contributed by atoms with van der Waals surface area (Å²) < 4.78 is 1.20. The molecule has 0 bridgehead atoms. The molecule has 1 saturated heterocycles. The van der Waals surface area contributed by atoms with Gasteiger partial charge in [0, 0.05) is 17.6 Å². The van der Waals surface area contributed by atoms with E-state index in [1.54, 1.807) is 0 Å². The standard InChI is InChI=1S/C15H23BrN2/c1-17(2)10-11-18-8-6-13(7-9-18)14-4-3-5-15(16)12-14/h3-5,12-13H,6-11H2,1-2H3. The molecule has 1 aromatic carbocycles. The molecular formula is C15H23BrN2. The van der Waals surface area contributed by atoms with Gasteiger partial charge in [0.25, 0.3) is 0 Å². The Morgan fingerprint density at radius 2 is 2.00 bits per heavy atom. The van der Waals surface area contributed by atoms with E-state index in [9.17, 15) is 0 Å². The largest absolute Gasteiger partial charge is 0.308 e. The van der Waals surface area contributed by atoms with Crippen LogP contribution in [0.5, 0.6) is 0 Å². The van der Waals surface area contributed by atoms with Gasteiger partial charge in [0.05, 0.1) is 0 Å². The Labute approximate surface area is 119 Å². The van der Waals surface area contributed by atoms with Crippen molar-refractivity contribution >= 4 is 15.9 Å². The molecule has 2 nitrogen and oxygen atoms in total. The summed E-state index contributed by atoms with van der Waals surface area (Å²) in [5.74, 6) is 0.748. The summed E-state index contributed by atoms with van der Waals surface area (Å²) in [6.45, 7) is 4.86. The van der Waals surface area contributed by atoms with Crippen molar-refractivity contribution in [1.29, 1.82) is 0 Å². The zero-order chi connectivity index (χ0) is 13.0. The topological polar surface area (TPSA) is 6.48 Å². The SMILES string of the molecule is CN(C)CCN1CCC(c2cccc(Br)c2)CC1. The predicted octanol–water partition coefficient (Wildman–Crippen LogP) is 3.19. The first-order chi connectivity index (χ1) is 8.65. The molecule has 1 fully saturated rings. The van der Waals surface area contributed by atoms with Gasteiger partial charge in [-0.25, -0.2) is 0 Å². The third-order valence-electron chi connectivity index (χ3n) is 3.77. The van der Waals surface area contributed by atoms with E-state index < -0.39 is 0 Å². The molecule has 3 heteroatoms. The number of benzene rings is 1. The van der Waals surface area contributed by atoms with E-state index in [2.05, 4.69) is 64.1 Å². The van der Waals surface area contributed by atoms with Crippen molar-refractivity contribution in [2.24, 2.45) is 0 Å². The summed E-state index contributed by atoms with van der Waals surface area (Å²) in [7, 11) is 4.29. The lowest BCUT2D eigenvalue weighted by Gasteiger charge is -2.32. The fourth-order valence-electron chi connectivity index (χ4n) is 2.59. The van der Waals surface area contributed by atoms with Crippen molar-refractivity contribution in [3.8, 4) is 0 Å². The summed E-state index contributed by atoms with van der Waals surface area (Å²) in [4.78, 5) is 4.86. The predicted molar refractivity (Wildman–Crippen MR) is 81.1 cm³/mol. The lowest BCUT2D eigenvalue weighted by atomic mass is 9.89. The highest BCUT2D eigenvalue weighted by Gasteiger charge is 2.20. The molecule has 0 aliphatic carbocycles. The van der Waals surface area contributed by atoms with E-state index in [1.165, 1.54) is 49.1 Å². The van der Waals surface area contributed by atoms with E-state index in [-0.39, 0.29) is 0 Å². The van der Waals surface area contributed by atoms with Gasteiger partial charge in [0.1, 0.15) is 0 Å². The van der Waals surface area contributed by atoms with Crippen LogP contribution in [0.3, 0.4) is 0 Å². The van der Waals surface area contributed by atoms with Gasteiger partial charge in [-0.05, 0) is 63.6 Å². The molecule has 1 heterocycles. The van der Waals surface area contributed by atoms with E-state index in [4.69, 9.17) is 0 Å². The van der Waals surface area contributed by atoms with Crippen molar-refractivity contribution in [2.45, 2.75) is 18.8 Å². The third-order valence-corrected chi connectivity index (χ3v) is 4.26. The van der Waals surface area contributed by atoms with E-state index in [0.717, 1.165) is 5.92 Å². The molecule has 0 saturated carbocycles. The van der Waals surface area contributed by atoms with Gasteiger partial charge < -0.3 is 9.80 Å². The quantitative estimate of drug-likeness (QED) is 0.842. The minimum Gasteiger partial charge on any atom is -0.308 e. The van der Waals surface area contributed by atoms with Crippen LogP contribution >= 0.6 is 15.9 Å². The number of likely N-dealkylation sites (N-methyl/N-ethyl adjacent to an activating group) is 1. The van der Waals surface area contributed by atoms with Crippen LogP contribution in [-0.4, -0.2) is 50.1 Å². The average Bonchev–Trinajstić information content (AvgIpc) is 2.37. The van der Waals surface area contributed by atoms with Crippen LogP contribution in [0.2, 0.25) is 0 Å². The van der Waals surface area contributed by atoms with Crippen molar-refractivity contribution in [2.75, 3.05) is 40.3 Å². The minimum atomic E-state index is 0.748. The van der Waals surface area contributed by atoms with E-state index in [1.807, 2.05) is 0 Å². The number of likely N-dealkylation sites (tertiary alicyclic amines) is 1. The number of halogens is 1. The molecule has 0 spiro atoms. The summed E-state index contributed by atoms with van der Waals surface area (Å²) >= 11 is 3.57. The second-order valence-corrected chi connectivity index (χ2v) is 6.39. The molecule has 0 aromatic heterocycles. The molecular weight excluding hydrogens is 288 g/mol. The van der Waals surface area contributed by atoms with E-state index in [0.29, 0.717) is 0 Å². The Bertz CT molecular complexity index is 371. The van der Waals surface area contributed by atoms with Gasteiger partial charge in [-0.15, -0.1) is 0 Å². The molecule has 0 atom stereocenters. The molecule has 0 radical (unpaired) electrons. The number of nitrogens with zero attached hydrogens (tertiary/aromatic N) is 2. The molecule has 1 aliphatic rings. The first-order valence-electron chi connectivity index (χ1n) is 6.77. The summed E-state index contributed by atoms with van der Waals surface area (Å²) in [6.07, 6.45) is 2.59. The maximum absolute atomic E-state index is 3.57. The maximum atomic E-state index is 3.57. The molecule has 0 amide bonds. The van der Waals surface area contributed by atoms with Gasteiger partial charge in [-0.1, -0.05) is 28.1 Å². The second-order valence-electron chi connectivity index (χ2n) is 5.47. The maximum Gasteiger partial charge on any atom is 0.0178 e. The lowest BCUT2D eigenvalue weighted by Crippen LogP contribution is -2.37. The Hall–Kier alpha value is -0.380. The fraction of sp³-hybridized carbons (Fsp3) is 0.600. The number of hydrogen-bond donors (Lipinski definition) is 0. The molecule has 18 heavy (non-hydrogen) atoms. The van der Waals surface area contributed by atoms with Gasteiger partial charge in [0.2, 0.25) is 0 Å². The summed E-state index contributed by atoms with van der Waals surface area (Å²) in [5, 5.41) is 0. The highest BCUT2D eigenvalue weighted by molar-refractivity contribution is 9.10. The van der Waals surface area contributed by atoms with Gasteiger partial charge in [-0.2, -0.15) is 0 Å². The third kappa shape index (κ3) is 4.08. The molecule has 1 aromatic rings. The highest BCUT2D eigenvalue weighted by atomic mass is 79.9. The van der Waals surface area contributed by atoms with Crippen molar-refractivity contribution in [1.82, 2.24) is 9.80 Å². The van der Waals surface area contributed by atoms with Crippen LogP contribution in [0.4, 0.5) is 0 Å². The Balaban J connectivity index is 1.83. The molecule has 2 rings (SSSR count). The van der Waals surface area contributed by atoms with Crippen LogP contribution in [0.25, 0.3) is 0 Å². The normalized spacial score (nSPS) is 18.4. The second kappa shape index (κ2) is 6.69. The molecule has 100 valence electrons. The molecule has 0 unspecified atom stereocenters. The number of rotatable bonds is 4. The molecule has 1 aliphatic heterocycles. The smallest absolute Gasteiger partial charge is 0.0178 e. The first-order valence-corrected chi connectivity index (χ1v) is 7.57. The zero-order valence-electron chi connectivity index (χ0n) is 11.4. The first kappa shape index (κ1) is 14.0. The Kier molecular flexibility index (Phi) is 5.22. The van der Waals surface area contributed by atoms with Crippen LogP contribution in [0, 0.1) is 0 Å².